The molecular formula is C23H30O11. The fourth-order valence-corrected chi connectivity index (χ4v) is 4.76. The van der Waals surface area contributed by atoms with E-state index in [-0.39, 0.29) is 35.7 Å². The number of carbonyl (C=O) groups excluding carboxylic acids is 1. The summed E-state index contributed by atoms with van der Waals surface area (Å²) in [6.45, 7) is 1.20. The van der Waals surface area contributed by atoms with Crippen LogP contribution in [0.2, 0.25) is 0 Å². The highest BCUT2D eigenvalue weighted by molar-refractivity contribution is 5.89. The van der Waals surface area contributed by atoms with Gasteiger partial charge >= 0.3 is 5.97 Å². The largest absolute Gasteiger partial charge is 0.472 e. The van der Waals surface area contributed by atoms with Crippen molar-refractivity contribution in [2.75, 3.05) is 6.61 Å². The van der Waals surface area contributed by atoms with Gasteiger partial charge in [0.05, 0.1) is 24.5 Å². The monoisotopic (exact) mass is 482 g/mol. The highest BCUT2D eigenvalue weighted by atomic mass is 16.7. The minimum absolute atomic E-state index is 0.0471. The molecule has 0 unspecified atom stereocenters. The number of aliphatic hydroxyl groups excluding tert-OH is 6. The van der Waals surface area contributed by atoms with E-state index in [0.717, 1.165) is 0 Å². The lowest BCUT2D eigenvalue weighted by molar-refractivity contribution is -0.277. The zero-order valence-corrected chi connectivity index (χ0v) is 18.5. The Bertz CT molecular complexity index is 885. The third-order valence-electron chi connectivity index (χ3n) is 6.87. The molecule has 0 spiro atoms. The van der Waals surface area contributed by atoms with E-state index in [9.17, 15) is 35.4 Å². The van der Waals surface area contributed by atoms with Crippen LogP contribution in [0.5, 0.6) is 5.75 Å². The highest BCUT2D eigenvalue weighted by Crippen LogP contribution is 2.46. The molecule has 2 aliphatic heterocycles. The second-order valence-corrected chi connectivity index (χ2v) is 8.98. The number of hydrogen-bond donors (Lipinski definition) is 6. The molecule has 0 radical (unpaired) electrons. The van der Waals surface area contributed by atoms with Gasteiger partial charge in [-0.25, -0.2) is 4.79 Å². The van der Waals surface area contributed by atoms with Crippen molar-refractivity contribution in [3.05, 3.63) is 41.7 Å². The van der Waals surface area contributed by atoms with E-state index in [4.69, 9.17) is 18.9 Å². The smallest absolute Gasteiger partial charge is 0.337 e. The van der Waals surface area contributed by atoms with E-state index in [1.807, 2.05) is 6.92 Å². The Labute approximate surface area is 195 Å². The molecule has 188 valence electrons. The van der Waals surface area contributed by atoms with Crippen LogP contribution in [0.1, 0.15) is 18.9 Å². The van der Waals surface area contributed by atoms with Crippen molar-refractivity contribution in [2.45, 2.75) is 63.1 Å². The molecular weight excluding hydrogens is 452 g/mol. The van der Waals surface area contributed by atoms with Gasteiger partial charge < -0.3 is 49.6 Å². The molecule has 1 aliphatic carbocycles. The van der Waals surface area contributed by atoms with E-state index in [1.54, 1.807) is 24.3 Å². The zero-order valence-electron chi connectivity index (χ0n) is 18.5. The molecule has 1 saturated heterocycles. The number of esters is 1. The highest BCUT2D eigenvalue weighted by Gasteiger charge is 2.50. The first-order chi connectivity index (χ1) is 16.2. The van der Waals surface area contributed by atoms with E-state index >= 15 is 0 Å². The van der Waals surface area contributed by atoms with Gasteiger partial charge in [0, 0.05) is 11.8 Å². The second-order valence-electron chi connectivity index (χ2n) is 8.98. The molecule has 0 amide bonds. The molecule has 1 aromatic rings. The lowest BCUT2D eigenvalue weighted by atomic mass is 9.83. The maximum absolute atomic E-state index is 12.6. The zero-order chi connectivity index (χ0) is 24.6. The minimum Gasteiger partial charge on any atom is -0.472 e. The van der Waals surface area contributed by atoms with Crippen molar-refractivity contribution < 1.29 is 54.4 Å². The maximum Gasteiger partial charge on any atom is 0.337 e. The SMILES string of the molecule is C[C@@H]1[C@H]2[C@H](O)OC=C(C(=O)OCc3ccc(O[C@@H]4O[C@H](CO)[C@@H](O)[C@H](O)[C@H]4O)cc3)[C@H]2C[C@@H]1O. The summed E-state index contributed by atoms with van der Waals surface area (Å²) in [4.78, 5) is 12.6. The first-order valence-electron chi connectivity index (χ1n) is 11.2. The van der Waals surface area contributed by atoms with Crippen molar-refractivity contribution in [1.29, 1.82) is 0 Å². The number of fused-ring (bicyclic) bond motifs is 1. The van der Waals surface area contributed by atoms with Crippen molar-refractivity contribution >= 4 is 5.97 Å². The molecule has 1 saturated carbocycles. The number of aliphatic hydroxyl groups is 6. The van der Waals surface area contributed by atoms with E-state index < -0.39 is 55.7 Å². The summed E-state index contributed by atoms with van der Waals surface area (Å²) in [7, 11) is 0. The van der Waals surface area contributed by atoms with Crippen LogP contribution in [-0.4, -0.2) is 86.3 Å². The van der Waals surface area contributed by atoms with Gasteiger partial charge in [0.2, 0.25) is 6.29 Å². The Morgan fingerprint density at radius 1 is 1.06 bits per heavy atom. The van der Waals surface area contributed by atoms with Crippen LogP contribution in [0.15, 0.2) is 36.1 Å². The Morgan fingerprint density at radius 3 is 2.44 bits per heavy atom. The van der Waals surface area contributed by atoms with Crippen LogP contribution in [0.4, 0.5) is 0 Å². The van der Waals surface area contributed by atoms with Gasteiger partial charge in [-0.3, -0.25) is 0 Å². The summed E-state index contributed by atoms with van der Waals surface area (Å²) >= 11 is 0. The summed E-state index contributed by atoms with van der Waals surface area (Å²) in [6, 6.07) is 6.36. The Kier molecular flexibility index (Phi) is 7.43. The van der Waals surface area contributed by atoms with Gasteiger partial charge in [0.25, 0.3) is 0 Å². The quantitative estimate of drug-likeness (QED) is 0.268. The van der Waals surface area contributed by atoms with Gasteiger partial charge in [-0.2, -0.15) is 0 Å². The lowest BCUT2D eigenvalue weighted by Gasteiger charge is -2.39. The Hall–Kier alpha value is -2.25. The minimum atomic E-state index is -1.54. The normalized spacial score (nSPS) is 39.6. The standard InChI is InChI=1S/C23H30O11/c1-10-15(25)6-13-14(9-32-22(30)17(10)13)21(29)31-8-11-2-4-12(5-3-11)33-23-20(28)19(27)18(26)16(7-24)34-23/h2-5,9-10,13,15-20,22-28,30H,6-8H2,1H3/t10-,13+,15-,16+,17+,18+,19-,20+,22+,23+/m0/s1. The number of carbonyl (C=O) groups is 1. The Balaban J connectivity index is 1.33. The Morgan fingerprint density at radius 2 is 1.76 bits per heavy atom. The number of hydrogen-bond acceptors (Lipinski definition) is 11. The number of rotatable bonds is 6. The summed E-state index contributed by atoms with van der Waals surface area (Å²) < 4.78 is 21.5. The first-order valence-corrected chi connectivity index (χ1v) is 11.2. The van der Waals surface area contributed by atoms with Gasteiger partial charge in [-0.05, 0) is 30.0 Å². The molecule has 11 nitrogen and oxygen atoms in total. The summed E-state index contributed by atoms with van der Waals surface area (Å²) in [6.07, 6.45) is -7.09. The topological polar surface area (TPSA) is 175 Å². The van der Waals surface area contributed by atoms with Crippen molar-refractivity contribution in [2.24, 2.45) is 17.8 Å². The molecule has 1 aromatic carbocycles. The average molecular weight is 482 g/mol. The average Bonchev–Trinajstić information content (AvgIpc) is 3.13. The van der Waals surface area contributed by atoms with Crippen molar-refractivity contribution in [3.63, 3.8) is 0 Å². The second kappa shape index (κ2) is 10.2. The molecule has 2 fully saturated rings. The molecule has 10 atom stereocenters. The van der Waals surface area contributed by atoms with Crippen LogP contribution in [0, 0.1) is 17.8 Å². The summed E-state index contributed by atoms with van der Waals surface area (Å²) in [5, 5.41) is 59.3. The summed E-state index contributed by atoms with van der Waals surface area (Å²) in [5.74, 6) is -1.26. The van der Waals surface area contributed by atoms with Crippen molar-refractivity contribution in [1.82, 2.24) is 0 Å². The van der Waals surface area contributed by atoms with Crippen LogP contribution in [0.25, 0.3) is 0 Å². The molecule has 0 aromatic heterocycles. The molecule has 0 bridgehead atoms. The van der Waals surface area contributed by atoms with E-state index in [2.05, 4.69) is 0 Å². The molecule has 4 rings (SSSR count). The van der Waals surface area contributed by atoms with Gasteiger partial charge in [-0.1, -0.05) is 19.1 Å². The summed E-state index contributed by atoms with van der Waals surface area (Å²) in [5.41, 5.74) is 0.921. The fourth-order valence-electron chi connectivity index (χ4n) is 4.76. The third kappa shape index (κ3) is 4.78. The van der Waals surface area contributed by atoms with Gasteiger partial charge in [0.15, 0.2) is 6.29 Å². The van der Waals surface area contributed by atoms with Gasteiger partial charge in [-0.15, -0.1) is 0 Å². The predicted molar refractivity (Wildman–Crippen MR) is 113 cm³/mol. The third-order valence-corrected chi connectivity index (χ3v) is 6.87. The van der Waals surface area contributed by atoms with E-state index in [0.29, 0.717) is 12.0 Å². The van der Waals surface area contributed by atoms with Crippen LogP contribution >= 0.6 is 0 Å². The van der Waals surface area contributed by atoms with E-state index in [1.165, 1.54) is 6.26 Å². The molecule has 2 heterocycles. The maximum atomic E-state index is 12.6. The molecule has 6 N–H and O–H groups in total. The molecule has 11 heteroatoms. The number of benzene rings is 1. The first kappa shape index (κ1) is 24.9. The van der Waals surface area contributed by atoms with Gasteiger partial charge in [0.1, 0.15) is 36.8 Å². The molecule has 3 aliphatic rings. The van der Waals surface area contributed by atoms with Crippen molar-refractivity contribution in [3.8, 4) is 5.75 Å². The predicted octanol–water partition coefficient (Wildman–Crippen LogP) is -1.23. The fraction of sp³-hybridized carbons (Fsp3) is 0.609. The number of ether oxygens (including phenoxy) is 4. The van der Waals surface area contributed by atoms with Crippen LogP contribution in [0.3, 0.4) is 0 Å². The van der Waals surface area contributed by atoms with Crippen LogP contribution < -0.4 is 4.74 Å². The van der Waals surface area contributed by atoms with Crippen LogP contribution in [-0.2, 0) is 25.6 Å². The molecule has 34 heavy (non-hydrogen) atoms. The lowest BCUT2D eigenvalue weighted by Crippen LogP contribution is -2.60.